The molecule has 0 amide bonds. The summed E-state index contributed by atoms with van der Waals surface area (Å²) in [5.74, 6) is 1.53. The predicted molar refractivity (Wildman–Crippen MR) is 66.3 cm³/mol. The topological polar surface area (TPSA) is 0 Å². The molecule has 0 nitrogen and oxygen atoms in total. The number of hydrogen-bond acceptors (Lipinski definition) is 0. The molecule has 82 valence electrons. The van der Waals surface area contributed by atoms with Gasteiger partial charge in [0.15, 0.2) is 0 Å². The van der Waals surface area contributed by atoms with E-state index in [-0.39, 0.29) is 5.38 Å². The summed E-state index contributed by atoms with van der Waals surface area (Å²) in [5, 5.41) is 0.232. The first-order valence-corrected chi connectivity index (χ1v) is 6.39. The van der Waals surface area contributed by atoms with E-state index in [1.165, 1.54) is 30.4 Å². The van der Waals surface area contributed by atoms with Crippen LogP contribution >= 0.6 is 11.6 Å². The number of halogens is 1. The number of benzene rings is 1. The second-order valence-corrected chi connectivity index (χ2v) is 5.24. The SMILES string of the molecule is CCCc1ccc(C(Cl)C2CC2C)cc1. The quantitative estimate of drug-likeness (QED) is 0.655. The number of hydrogen-bond donors (Lipinski definition) is 0. The molecule has 1 heteroatoms. The third-order valence-corrected chi connectivity index (χ3v) is 3.96. The van der Waals surface area contributed by atoms with Crippen LogP contribution in [0.5, 0.6) is 0 Å². The van der Waals surface area contributed by atoms with Crippen molar-refractivity contribution in [1.82, 2.24) is 0 Å². The first-order chi connectivity index (χ1) is 7.22. The van der Waals surface area contributed by atoms with Gasteiger partial charge < -0.3 is 0 Å². The van der Waals surface area contributed by atoms with E-state index in [1.54, 1.807) is 0 Å². The van der Waals surface area contributed by atoms with Crippen LogP contribution in [0.3, 0.4) is 0 Å². The Bertz CT molecular complexity index is 315. The lowest BCUT2D eigenvalue weighted by Crippen LogP contribution is -1.94. The van der Waals surface area contributed by atoms with Crippen molar-refractivity contribution in [2.45, 2.75) is 38.5 Å². The highest BCUT2D eigenvalue weighted by atomic mass is 35.5. The highest BCUT2D eigenvalue weighted by Gasteiger charge is 2.39. The van der Waals surface area contributed by atoms with Crippen LogP contribution in [0.4, 0.5) is 0 Å². The molecule has 3 unspecified atom stereocenters. The van der Waals surface area contributed by atoms with Gasteiger partial charge in [-0.3, -0.25) is 0 Å². The van der Waals surface area contributed by atoms with Gasteiger partial charge in [0, 0.05) is 0 Å². The highest BCUT2D eigenvalue weighted by Crippen LogP contribution is 2.50. The zero-order valence-electron chi connectivity index (χ0n) is 9.54. The lowest BCUT2D eigenvalue weighted by Gasteiger charge is -2.09. The zero-order valence-corrected chi connectivity index (χ0v) is 10.3. The summed E-state index contributed by atoms with van der Waals surface area (Å²) in [7, 11) is 0. The summed E-state index contributed by atoms with van der Waals surface area (Å²) in [6.07, 6.45) is 3.68. The maximum atomic E-state index is 6.43. The van der Waals surface area contributed by atoms with Crippen molar-refractivity contribution in [3.63, 3.8) is 0 Å². The number of rotatable bonds is 4. The maximum Gasteiger partial charge on any atom is 0.0616 e. The number of aryl methyl sites for hydroxylation is 1. The molecule has 1 aliphatic carbocycles. The van der Waals surface area contributed by atoms with Crippen LogP contribution < -0.4 is 0 Å². The monoisotopic (exact) mass is 222 g/mol. The average Bonchev–Trinajstić information content (AvgIpc) is 2.96. The Morgan fingerprint density at radius 1 is 1.33 bits per heavy atom. The summed E-state index contributed by atoms with van der Waals surface area (Å²) in [4.78, 5) is 0. The summed E-state index contributed by atoms with van der Waals surface area (Å²) >= 11 is 6.43. The molecule has 0 spiro atoms. The minimum atomic E-state index is 0.232. The van der Waals surface area contributed by atoms with E-state index in [0.29, 0.717) is 5.92 Å². The lowest BCUT2D eigenvalue weighted by molar-refractivity contribution is 0.722. The minimum absolute atomic E-state index is 0.232. The predicted octanol–water partition coefficient (Wildman–Crippen LogP) is 4.58. The Hall–Kier alpha value is -0.490. The second-order valence-electron chi connectivity index (χ2n) is 4.77. The molecule has 1 aromatic rings. The Kier molecular flexibility index (Phi) is 3.35. The Balaban J connectivity index is 2.03. The zero-order chi connectivity index (χ0) is 10.8. The number of alkyl halides is 1. The Labute approximate surface area is 97.6 Å². The molecule has 0 N–H and O–H groups in total. The average molecular weight is 223 g/mol. The largest absolute Gasteiger partial charge is 0.118 e. The van der Waals surface area contributed by atoms with Crippen LogP contribution in [0.25, 0.3) is 0 Å². The fourth-order valence-corrected chi connectivity index (χ4v) is 2.66. The van der Waals surface area contributed by atoms with Gasteiger partial charge in [0.1, 0.15) is 0 Å². The van der Waals surface area contributed by atoms with Gasteiger partial charge >= 0.3 is 0 Å². The van der Waals surface area contributed by atoms with Gasteiger partial charge in [-0.05, 0) is 35.8 Å². The summed E-state index contributed by atoms with van der Waals surface area (Å²) in [5.41, 5.74) is 2.72. The van der Waals surface area contributed by atoms with Gasteiger partial charge in [-0.25, -0.2) is 0 Å². The van der Waals surface area contributed by atoms with Crippen molar-refractivity contribution < 1.29 is 0 Å². The normalized spacial score (nSPS) is 26.3. The first-order valence-electron chi connectivity index (χ1n) is 5.95. The molecule has 1 aromatic carbocycles. The van der Waals surface area contributed by atoms with Gasteiger partial charge in [-0.15, -0.1) is 11.6 Å². The van der Waals surface area contributed by atoms with E-state index < -0.39 is 0 Å². The molecule has 0 saturated heterocycles. The molecule has 15 heavy (non-hydrogen) atoms. The van der Waals surface area contributed by atoms with Crippen molar-refractivity contribution >= 4 is 11.6 Å². The van der Waals surface area contributed by atoms with Gasteiger partial charge in [0.05, 0.1) is 5.38 Å². The van der Waals surface area contributed by atoms with E-state index in [0.717, 1.165) is 5.92 Å². The van der Waals surface area contributed by atoms with E-state index >= 15 is 0 Å². The lowest BCUT2D eigenvalue weighted by atomic mass is 10.0. The maximum absolute atomic E-state index is 6.43. The highest BCUT2D eigenvalue weighted by molar-refractivity contribution is 6.21. The molecular weight excluding hydrogens is 204 g/mol. The minimum Gasteiger partial charge on any atom is -0.118 e. The molecule has 3 atom stereocenters. The molecule has 2 rings (SSSR count). The fourth-order valence-electron chi connectivity index (χ4n) is 2.16. The van der Waals surface area contributed by atoms with Crippen LogP contribution in [0.2, 0.25) is 0 Å². The molecule has 1 fully saturated rings. The van der Waals surface area contributed by atoms with E-state index in [4.69, 9.17) is 11.6 Å². The van der Waals surface area contributed by atoms with Gasteiger partial charge in [-0.2, -0.15) is 0 Å². The van der Waals surface area contributed by atoms with Crippen LogP contribution in [0.15, 0.2) is 24.3 Å². The molecule has 0 aliphatic heterocycles. The summed E-state index contributed by atoms with van der Waals surface area (Å²) in [6.45, 7) is 4.50. The molecule has 0 aromatic heterocycles. The van der Waals surface area contributed by atoms with Crippen molar-refractivity contribution in [2.75, 3.05) is 0 Å². The third kappa shape index (κ3) is 2.55. The second kappa shape index (κ2) is 4.57. The van der Waals surface area contributed by atoms with Crippen molar-refractivity contribution in [2.24, 2.45) is 11.8 Å². The molecule has 0 radical (unpaired) electrons. The molecular formula is C14H19Cl. The molecule has 0 heterocycles. The van der Waals surface area contributed by atoms with E-state index in [9.17, 15) is 0 Å². The van der Waals surface area contributed by atoms with Gasteiger partial charge in [0.2, 0.25) is 0 Å². The first kappa shape index (κ1) is 11.0. The van der Waals surface area contributed by atoms with Crippen molar-refractivity contribution in [1.29, 1.82) is 0 Å². The van der Waals surface area contributed by atoms with E-state index in [1.807, 2.05) is 0 Å². The van der Waals surface area contributed by atoms with Crippen LogP contribution in [-0.4, -0.2) is 0 Å². The standard InChI is InChI=1S/C14H19Cl/c1-3-4-11-5-7-12(8-6-11)14(15)13-9-10(13)2/h5-8,10,13-14H,3-4,9H2,1-2H3. The van der Waals surface area contributed by atoms with Crippen LogP contribution in [0.1, 0.15) is 43.2 Å². The summed E-state index contributed by atoms with van der Waals surface area (Å²) < 4.78 is 0. The van der Waals surface area contributed by atoms with Crippen molar-refractivity contribution in [3.05, 3.63) is 35.4 Å². The molecule has 1 saturated carbocycles. The Morgan fingerprint density at radius 2 is 1.93 bits per heavy atom. The molecule has 1 aliphatic rings. The molecule has 0 bridgehead atoms. The van der Waals surface area contributed by atoms with Crippen molar-refractivity contribution in [3.8, 4) is 0 Å². The van der Waals surface area contributed by atoms with Crippen LogP contribution in [-0.2, 0) is 6.42 Å². The van der Waals surface area contributed by atoms with E-state index in [2.05, 4.69) is 38.1 Å². The Morgan fingerprint density at radius 3 is 2.40 bits per heavy atom. The van der Waals surface area contributed by atoms with Crippen LogP contribution in [0, 0.1) is 11.8 Å². The van der Waals surface area contributed by atoms with Gasteiger partial charge in [-0.1, -0.05) is 44.5 Å². The van der Waals surface area contributed by atoms with Gasteiger partial charge in [0.25, 0.3) is 0 Å². The summed E-state index contributed by atoms with van der Waals surface area (Å²) in [6, 6.07) is 8.85. The third-order valence-electron chi connectivity index (χ3n) is 3.38. The smallest absolute Gasteiger partial charge is 0.0616 e. The fraction of sp³-hybridized carbons (Fsp3) is 0.571.